The molecule has 1 saturated heterocycles. The number of benzene rings is 3. The maximum absolute atomic E-state index is 13.6. The van der Waals surface area contributed by atoms with E-state index >= 15 is 0 Å². The third-order valence-electron chi connectivity index (χ3n) is 5.34. The van der Waals surface area contributed by atoms with Crippen molar-refractivity contribution in [1.29, 1.82) is 0 Å². The molecule has 1 heterocycles. The summed E-state index contributed by atoms with van der Waals surface area (Å²) in [5.74, 6) is -0.270. The number of hydrogen-bond acceptors (Lipinski definition) is 2. The molecular weight excluding hydrogens is 384 g/mol. The molecule has 4 rings (SSSR count). The average Bonchev–Trinajstić information content (AvgIpc) is 2.73. The zero-order valence-electron chi connectivity index (χ0n) is 16.3. The SMILES string of the molecule is Cc1ccc(N2CC(=O)N(c3ccc(Cl)cc3)[C@H](c3ccccc3)C2=O)cc1C. The monoisotopic (exact) mass is 404 g/mol. The van der Waals surface area contributed by atoms with Gasteiger partial charge in [-0.15, -0.1) is 0 Å². The first-order chi connectivity index (χ1) is 14.0. The normalized spacial score (nSPS) is 17.0. The van der Waals surface area contributed by atoms with Crippen LogP contribution < -0.4 is 9.80 Å². The van der Waals surface area contributed by atoms with Crippen molar-refractivity contribution >= 4 is 34.8 Å². The molecule has 2 amide bonds. The minimum atomic E-state index is -0.736. The van der Waals surface area contributed by atoms with Crippen molar-refractivity contribution in [3.05, 3.63) is 94.5 Å². The van der Waals surface area contributed by atoms with Crippen molar-refractivity contribution in [2.24, 2.45) is 0 Å². The Morgan fingerprint density at radius 1 is 0.828 bits per heavy atom. The number of anilines is 2. The Bertz CT molecular complexity index is 1060. The Labute approximate surface area is 175 Å². The molecule has 3 aromatic rings. The first-order valence-electron chi connectivity index (χ1n) is 9.47. The number of halogens is 1. The molecule has 29 heavy (non-hydrogen) atoms. The summed E-state index contributed by atoms with van der Waals surface area (Å²) in [7, 11) is 0. The van der Waals surface area contributed by atoms with Gasteiger partial charge in [0.25, 0.3) is 5.91 Å². The molecule has 0 unspecified atom stereocenters. The summed E-state index contributed by atoms with van der Waals surface area (Å²) in [5.41, 5.74) is 4.39. The van der Waals surface area contributed by atoms with Gasteiger partial charge in [-0.3, -0.25) is 14.5 Å². The molecule has 0 saturated carbocycles. The van der Waals surface area contributed by atoms with Crippen molar-refractivity contribution in [3.63, 3.8) is 0 Å². The number of piperazine rings is 1. The lowest BCUT2D eigenvalue weighted by molar-refractivity contribution is -0.128. The van der Waals surface area contributed by atoms with Crippen molar-refractivity contribution < 1.29 is 9.59 Å². The number of amides is 2. The Balaban J connectivity index is 1.80. The highest BCUT2D eigenvalue weighted by atomic mass is 35.5. The number of nitrogens with zero attached hydrogens (tertiary/aromatic N) is 2. The highest BCUT2D eigenvalue weighted by Crippen LogP contribution is 2.35. The molecule has 1 fully saturated rings. The smallest absolute Gasteiger partial charge is 0.255 e. The van der Waals surface area contributed by atoms with Gasteiger partial charge >= 0.3 is 0 Å². The van der Waals surface area contributed by atoms with Gasteiger partial charge in [-0.1, -0.05) is 48.0 Å². The van der Waals surface area contributed by atoms with Gasteiger partial charge < -0.3 is 4.90 Å². The van der Waals surface area contributed by atoms with Gasteiger partial charge in [-0.05, 0) is 66.9 Å². The van der Waals surface area contributed by atoms with Gasteiger partial charge in [0.1, 0.15) is 12.6 Å². The molecule has 4 nitrogen and oxygen atoms in total. The lowest BCUT2D eigenvalue weighted by atomic mass is 9.99. The Kier molecular flexibility index (Phi) is 5.12. The van der Waals surface area contributed by atoms with E-state index in [0.29, 0.717) is 10.7 Å². The zero-order valence-corrected chi connectivity index (χ0v) is 17.1. The summed E-state index contributed by atoms with van der Waals surface area (Å²) in [6, 6.07) is 21.5. The van der Waals surface area contributed by atoms with Crippen LogP contribution in [0.2, 0.25) is 5.02 Å². The van der Waals surface area contributed by atoms with E-state index in [9.17, 15) is 9.59 Å². The summed E-state index contributed by atoms with van der Waals surface area (Å²) in [6.45, 7) is 4.02. The molecule has 0 spiro atoms. The maximum atomic E-state index is 13.6. The number of aryl methyl sites for hydroxylation is 2. The molecule has 146 valence electrons. The predicted octanol–water partition coefficient (Wildman–Crippen LogP) is 5.08. The van der Waals surface area contributed by atoms with Crippen molar-refractivity contribution in [2.45, 2.75) is 19.9 Å². The van der Waals surface area contributed by atoms with Crippen LogP contribution in [-0.2, 0) is 9.59 Å². The fourth-order valence-corrected chi connectivity index (χ4v) is 3.75. The van der Waals surface area contributed by atoms with Crippen LogP contribution in [0.5, 0.6) is 0 Å². The van der Waals surface area contributed by atoms with E-state index in [1.165, 1.54) is 0 Å². The second-order valence-electron chi connectivity index (χ2n) is 7.25. The highest BCUT2D eigenvalue weighted by Gasteiger charge is 2.41. The molecule has 0 N–H and O–H groups in total. The summed E-state index contributed by atoms with van der Waals surface area (Å²) < 4.78 is 0. The Morgan fingerprint density at radius 2 is 1.48 bits per heavy atom. The molecule has 0 aromatic heterocycles. The second kappa shape index (κ2) is 7.72. The minimum Gasteiger partial charge on any atom is -0.301 e. The predicted molar refractivity (Wildman–Crippen MR) is 116 cm³/mol. The average molecular weight is 405 g/mol. The van der Waals surface area contributed by atoms with E-state index in [1.54, 1.807) is 34.1 Å². The van der Waals surface area contributed by atoms with Crippen molar-refractivity contribution in [3.8, 4) is 0 Å². The minimum absolute atomic E-state index is 0.00665. The molecule has 0 aliphatic carbocycles. The van der Waals surface area contributed by atoms with E-state index in [2.05, 4.69) is 0 Å². The molecule has 5 heteroatoms. The summed E-state index contributed by atoms with van der Waals surface area (Å²) in [6.07, 6.45) is 0. The van der Waals surface area contributed by atoms with E-state index < -0.39 is 6.04 Å². The van der Waals surface area contributed by atoms with Crippen LogP contribution in [0.4, 0.5) is 11.4 Å². The summed E-state index contributed by atoms with van der Waals surface area (Å²) in [5, 5.41) is 0.581. The Hall–Kier alpha value is -3.11. The van der Waals surface area contributed by atoms with E-state index in [4.69, 9.17) is 11.6 Å². The highest BCUT2D eigenvalue weighted by molar-refractivity contribution is 6.30. The lowest BCUT2D eigenvalue weighted by Gasteiger charge is -2.40. The molecule has 1 atom stereocenters. The van der Waals surface area contributed by atoms with Gasteiger partial charge in [-0.25, -0.2) is 0 Å². The first-order valence-corrected chi connectivity index (χ1v) is 9.85. The zero-order chi connectivity index (χ0) is 20.5. The van der Waals surface area contributed by atoms with Crippen LogP contribution >= 0.6 is 11.6 Å². The van der Waals surface area contributed by atoms with Crippen LogP contribution in [-0.4, -0.2) is 18.4 Å². The standard InChI is InChI=1S/C24H21ClN2O2/c1-16-8-11-21(14-17(16)2)26-15-22(28)27(20-12-9-19(25)10-13-20)23(24(26)29)18-6-4-3-5-7-18/h3-14,23H,15H2,1-2H3/t23-/m1/s1. The summed E-state index contributed by atoms with van der Waals surface area (Å²) in [4.78, 5) is 30.0. The molecule has 0 radical (unpaired) electrons. The van der Waals surface area contributed by atoms with Gasteiger partial charge in [0.05, 0.1) is 0 Å². The van der Waals surface area contributed by atoms with E-state index in [0.717, 1.165) is 22.4 Å². The fourth-order valence-electron chi connectivity index (χ4n) is 3.63. The largest absolute Gasteiger partial charge is 0.301 e. The third-order valence-corrected chi connectivity index (χ3v) is 5.59. The number of carbonyl (C=O) groups excluding carboxylic acids is 2. The number of rotatable bonds is 3. The van der Waals surface area contributed by atoms with Crippen LogP contribution in [0.25, 0.3) is 0 Å². The van der Waals surface area contributed by atoms with Gasteiger partial charge in [0.15, 0.2) is 0 Å². The molecule has 3 aromatic carbocycles. The molecular formula is C24H21ClN2O2. The third kappa shape index (κ3) is 3.64. The topological polar surface area (TPSA) is 40.6 Å². The van der Waals surface area contributed by atoms with Gasteiger partial charge in [0, 0.05) is 16.4 Å². The van der Waals surface area contributed by atoms with Gasteiger partial charge in [0.2, 0.25) is 5.91 Å². The van der Waals surface area contributed by atoms with Crippen LogP contribution in [0.3, 0.4) is 0 Å². The van der Waals surface area contributed by atoms with Crippen LogP contribution in [0, 0.1) is 13.8 Å². The van der Waals surface area contributed by atoms with Crippen LogP contribution in [0.1, 0.15) is 22.7 Å². The van der Waals surface area contributed by atoms with Crippen LogP contribution in [0.15, 0.2) is 72.8 Å². The number of hydrogen-bond donors (Lipinski definition) is 0. The summed E-state index contributed by atoms with van der Waals surface area (Å²) >= 11 is 6.02. The lowest BCUT2D eigenvalue weighted by Crippen LogP contribution is -2.56. The molecule has 1 aliphatic rings. The van der Waals surface area contributed by atoms with Gasteiger partial charge in [-0.2, -0.15) is 0 Å². The second-order valence-corrected chi connectivity index (χ2v) is 7.68. The Morgan fingerprint density at radius 3 is 2.14 bits per heavy atom. The number of carbonyl (C=O) groups is 2. The maximum Gasteiger partial charge on any atom is 0.255 e. The van der Waals surface area contributed by atoms with Crippen molar-refractivity contribution in [1.82, 2.24) is 0 Å². The van der Waals surface area contributed by atoms with E-state index in [-0.39, 0.29) is 18.4 Å². The van der Waals surface area contributed by atoms with Crippen molar-refractivity contribution in [2.75, 3.05) is 16.3 Å². The molecule has 0 bridgehead atoms. The van der Waals surface area contributed by atoms with E-state index in [1.807, 2.05) is 62.4 Å². The first kappa shape index (κ1) is 19.2. The molecule has 1 aliphatic heterocycles. The fraction of sp³-hybridized carbons (Fsp3) is 0.167. The quantitative estimate of drug-likeness (QED) is 0.610.